The Balaban J connectivity index is 1.98. The highest BCUT2D eigenvalue weighted by molar-refractivity contribution is 5.19. The summed E-state index contributed by atoms with van der Waals surface area (Å²) in [5, 5.41) is 7.13. The van der Waals surface area contributed by atoms with Crippen molar-refractivity contribution < 1.29 is 0 Å². The van der Waals surface area contributed by atoms with E-state index in [1.807, 2.05) is 0 Å². The third-order valence-electron chi connectivity index (χ3n) is 3.10. The second-order valence-electron chi connectivity index (χ2n) is 4.20. The average molecular weight is 204 g/mol. The highest BCUT2D eigenvalue weighted by Crippen LogP contribution is 2.22. The lowest BCUT2D eigenvalue weighted by Gasteiger charge is -2.31. The van der Waals surface area contributed by atoms with Gasteiger partial charge in [0, 0.05) is 12.1 Å². The van der Waals surface area contributed by atoms with E-state index in [1.165, 1.54) is 18.4 Å². The molecule has 0 bridgehead atoms. The van der Waals surface area contributed by atoms with Crippen LogP contribution in [0, 0.1) is 0 Å². The molecule has 15 heavy (non-hydrogen) atoms. The smallest absolute Gasteiger partial charge is 0.0335 e. The molecule has 0 radical (unpaired) electrons. The van der Waals surface area contributed by atoms with Gasteiger partial charge in [0.1, 0.15) is 0 Å². The molecule has 1 aromatic rings. The number of benzene rings is 1. The first-order valence-electron chi connectivity index (χ1n) is 5.92. The Hall–Kier alpha value is -0.860. The third-order valence-corrected chi connectivity index (χ3v) is 3.10. The Morgan fingerprint density at radius 1 is 1.33 bits per heavy atom. The minimum absolute atomic E-state index is 0.531. The minimum atomic E-state index is 0.531. The van der Waals surface area contributed by atoms with Crippen LogP contribution in [0.15, 0.2) is 30.3 Å². The summed E-state index contributed by atoms with van der Waals surface area (Å²) in [6, 6.07) is 12.0. The Morgan fingerprint density at radius 3 is 2.87 bits per heavy atom. The molecule has 0 amide bonds. The first kappa shape index (κ1) is 10.7. The van der Waals surface area contributed by atoms with E-state index in [4.69, 9.17) is 0 Å². The molecule has 1 saturated heterocycles. The summed E-state index contributed by atoms with van der Waals surface area (Å²) in [5.41, 5.74) is 1.42. The Morgan fingerprint density at radius 2 is 2.13 bits per heavy atom. The summed E-state index contributed by atoms with van der Waals surface area (Å²) in [5.74, 6) is 0. The van der Waals surface area contributed by atoms with Crippen molar-refractivity contribution in [3.05, 3.63) is 35.9 Å². The second kappa shape index (κ2) is 5.29. The van der Waals surface area contributed by atoms with Crippen molar-refractivity contribution in [3.63, 3.8) is 0 Å². The molecule has 2 atom stereocenters. The fourth-order valence-electron chi connectivity index (χ4n) is 2.33. The van der Waals surface area contributed by atoms with Gasteiger partial charge in [-0.05, 0) is 31.5 Å². The van der Waals surface area contributed by atoms with Gasteiger partial charge in [0.15, 0.2) is 0 Å². The van der Waals surface area contributed by atoms with E-state index >= 15 is 0 Å². The molecule has 2 rings (SSSR count). The average Bonchev–Trinajstić information content (AvgIpc) is 2.31. The van der Waals surface area contributed by atoms with Crippen LogP contribution in [0.5, 0.6) is 0 Å². The van der Waals surface area contributed by atoms with Gasteiger partial charge in [-0.2, -0.15) is 0 Å². The summed E-state index contributed by atoms with van der Waals surface area (Å²) < 4.78 is 0. The van der Waals surface area contributed by atoms with Gasteiger partial charge in [-0.3, -0.25) is 0 Å². The molecule has 0 spiro atoms. The van der Waals surface area contributed by atoms with E-state index in [0.717, 1.165) is 13.1 Å². The van der Waals surface area contributed by atoms with Crippen molar-refractivity contribution in [2.45, 2.75) is 31.8 Å². The summed E-state index contributed by atoms with van der Waals surface area (Å²) in [6.07, 6.45) is 2.45. The summed E-state index contributed by atoms with van der Waals surface area (Å²) >= 11 is 0. The van der Waals surface area contributed by atoms with Gasteiger partial charge in [0.05, 0.1) is 0 Å². The van der Waals surface area contributed by atoms with E-state index in [1.54, 1.807) is 0 Å². The van der Waals surface area contributed by atoms with Gasteiger partial charge in [0.2, 0.25) is 0 Å². The fourth-order valence-corrected chi connectivity index (χ4v) is 2.33. The largest absolute Gasteiger partial charge is 0.314 e. The van der Waals surface area contributed by atoms with Crippen LogP contribution in [0.3, 0.4) is 0 Å². The molecule has 1 aliphatic heterocycles. The standard InChI is InChI=1S/C13H20N2/c1-2-14-12-8-9-15-13(10-12)11-6-4-3-5-7-11/h3-7,12-15H,2,8-10H2,1H3. The van der Waals surface area contributed by atoms with Gasteiger partial charge in [0.25, 0.3) is 0 Å². The Bertz CT molecular complexity index is 282. The molecule has 2 N–H and O–H groups in total. The molecule has 2 unspecified atom stereocenters. The maximum atomic E-state index is 3.58. The molecular formula is C13H20N2. The topological polar surface area (TPSA) is 24.1 Å². The lowest BCUT2D eigenvalue weighted by atomic mass is 9.94. The predicted molar refractivity (Wildman–Crippen MR) is 63.9 cm³/mol. The molecule has 1 fully saturated rings. The highest BCUT2D eigenvalue weighted by Gasteiger charge is 2.21. The van der Waals surface area contributed by atoms with E-state index in [9.17, 15) is 0 Å². The Labute approximate surface area is 92.1 Å². The summed E-state index contributed by atoms with van der Waals surface area (Å²) in [7, 11) is 0. The Kier molecular flexibility index (Phi) is 3.75. The number of hydrogen-bond donors (Lipinski definition) is 2. The number of nitrogens with one attached hydrogen (secondary N) is 2. The van der Waals surface area contributed by atoms with Crippen LogP contribution in [0.25, 0.3) is 0 Å². The van der Waals surface area contributed by atoms with Crippen LogP contribution in [0.4, 0.5) is 0 Å². The summed E-state index contributed by atoms with van der Waals surface area (Å²) in [6.45, 7) is 4.38. The molecule has 2 nitrogen and oxygen atoms in total. The normalized spacial score (nSPS) is 26.5. The van der Waals surface area contributed by atoms with E-state index in [0.29, 0.717) is 12.1 Å². The van der Waals surface area contributed by atoms with Crippen LogP contribution < -0.4 is 10.6 Å². The van der Waals surface area contributed by atoms with Gasteiger partial charge >= 0.3 is 0 Å². The number of hydrogen-bond acceptors (Lipinski definition) is 2. The third kappa shape index (κ3) is 2.80. The van der Waals surface area contributed by atoms with Crippen LogP contribution in [-0.2, 0) is 0 Å². The molecule has 1 aromatic carbocycles. The highest BCUT2D eigenvalue weighted by atomic mass is 15.0. The first-order chi connectivity index (χ1) is 7.40. The van der Waals surface area contributed by atoms with Gasteiger partial charge in [-0.15, -0.1) is 0 Å². The zero-order valence-electron chi connectivity index (χ0n) is 9.37. The van der Waals surface area contributed by atoms with Crippen molar-refractivity contribution in [2.24, 2.45) is 0 Å². The van der Waals surface area contributed by atoms with Gasteiger partial charge in [-0.1, -0.05) is 37.3 Å². The van der Waals surface area contributed by atoms with Crippen LogP contribution in [0.1, 0.15) is 31.4 Å². The predicted octanol–water partition coefficient (Wildman–Crippen LogP) is 2.09. The van der Waals surface area contributed by atoms with E-state index in [-0.39, 0.29) is 0 Å². The minimum Gasteiger partial charge on any atom is -0.314 e. The zero-order valence-corrected chi connectivity index (χ0v) is 9.37. The molecule has 0 saturated carbocycles. The van der Waals surface area contributed by atoms with Crippen LogP contribution in [0.2, 0.25) is 0 Å². The molecular weight excluding hydrogens is 184 g/mol. The van der Waals surface area contributed by atoms with Crippen molar-refractivity contribution in [3.8, 4) is 0 Å². The zero-order chi connectivity index (χ0) is 10.5. The second-order valence-corrected chi connectivity index (χ2v) is 4.20. The maximum Gasteiger partial charge on any atom is 0.0335 e. The quantitative estimate of drug-likeness (QED) is 0.788. The monoisotopic (exact) mass is 204 g/mol. The molecule has 1 heterocycles. The lowest BCUT2D eigenvalue weighted by Crippen LogP contribution is -2.41. The molecule has 1 aliphatic rings. The molecule has 82 valence electrons. The van der Waals surface area contributed by atoms with Crippen LogP contribution >= 0.6 is 0 Å². The fraction of sp³-hybridized carbons (Fsp3) is 0.538. The molecule has 0 aromatic heterocycles. The maximum absolute atomic E-state index is 3.58. The number of piperidine rings is 1. The van der Waals surface area contributed by atoms with Crippen molar-refractivity contribution in [1.29, 1.82) is 0 Å². The lowest BCUT2D eigenvalue weighted by molar-refractivity contribution is 0.327. The first-order valence-corrected chi connectivity index (χ1v) is 5.92. The van der Waals surface area contributed by atoms with Gasteiger partial charge in [-0.25, -0.2) is 0 Å². The van der Waals surface area contributed by atoms with Crippen molar-refractivity contribution in [1.82, 2.24) is 10.6 Å². The van der Waals surface area contributed by atoms with E-state index < -0.39 is 0 Å². The van der Waals surface area contributed by atoms with Gasteiger partial charge < -0.3 is 10.6 Å². The SMILES string of the molecule is CCNC1CCNC(c2ccccc2)C1. The molecule has 2 heteroatoms. The van der Waals surface area contributed by atoms with E-state index in [2.05, 4.69) is 47.9 Å². The van der Waals surface area contributed by atoms with Crippen molar-refractivity contribution >= 4 is 0 Å². The van der Waals surface area contributed by atoms with Crippen LogP contribution in [-0.4, -0.2) is 19.1 Å². The van der Waals surface area contributed by atoms with Crippen molar-refractivity contribution in [2.75, 3.05) is 13.1 Å². The number of rotatable bonds is 3. The molecule has 0 aliphatic carbocycles. The summed E-state index contributed by atoms with van der Waals surface area (Å²) in [4.78, 5) is 0.